The zero-order valence-electron chi connectivity index (χ0n) is 10.3. The van der Waals surface area contributed by atoms with Crippen molar-refractivity contribution < 1.29 is 9.53 Å². The van der Waals surface area contributed by atoms with Crippen LogP contribution in [0.4, 0.5) is 0 Å². The molecule has 92 valence electrons. The number of pyridine rings is 1. The lowest BCUT2D eigenvalue weighted by Gasteiger charge is -2.10. The molecule has 0 atom stereocenters. The summed E-state index contributed by atoms with van der Waals surface area (Å²) in [6.07, 6.45) is 1.56. The highest BCUT2D eigenvalue weighted by Crippen LogP contribution is 2.20. The molecule has 0 aliphatic rings. The minimum Gasteiger partial charge on any atom is -0.457 e. The van der Waals surface area contributed by atoms with Gasteiger partial charge in [0, 0.05) is 26.4 Å². The van der Waals surface area contributed by atoms with Crippen LogP contribution in [0.25, 0.3) is 0 Å². The van der Waals surface area contributed by atoms with Crippen LogP contribution in [0.3, 0.4) is 0 Å². The van der Waals surface area contributed by atoms with Gasteiger partial charge in [0.05, 0.1) is 0 Å². The normalized spacial score (nSPS) is 9.89. The summed E-state index contributed by atoms with van der Waals surface area (Å²) in [5.41, 5.74) is 0.369. The van der Waals surface area contributed by atoms with E-state index in [1.165, 1.54) is 4.90 Å². The SMILES string of the molecule is CN(C)C(=O)c1cc(Oc2ccccc2)ccn1. The molecule has 4 nitrogen and oxygen atoms in total. The van der Waals surface area contributed by atoms with E-state index >= 15 is 0 Å². The summed E-state index contributed by atoms with van der Waals surface area (Å²) in [7, 11) is 3.38. The maximum Gasteiger partial charge on any atom is 0.272 e. The van der Waals surface area contributed by atoms with Crippen molar-refractivity contribution in [3.8, 4) is 11.5 Å². The third-order valence-corrected chi connectivity index (χ3v) is 2.34. The van der Waals surface area contributed by atoms with Crippen molar-refractivity contribution in [1.82, 2.24) is 9.88 Å². The van der Waals surface area contributed by atoms with Gasteiger partial charge in [0.15, 0.2) is 0 Å². The van der Waals surface area contributed by atoms with Gasteiger partial charge in [0.1, 0.15) is 17.2 Å². The Morgan fingerprint density at radius 1 is 1.11 bits per heavy atom. The largest absolute Gasteiger partial charge is 0.457 e. The molecule has 0 radical (unpaired) electrons. The van der Waals surface area contributed by atoms with Crippen molar-refractivity contribution in [2.45, 2.75) is 0 Å². The minimum absolute atomic E-state index is 0.145. The Kier molecular flexibility index (Phi) is 3.57. The maximum atomic E-state index is 11.8. The summed E-state index contributed by atoms with van der Waals surface area (Å²) in [5.74, 6) is 1.18. The maximum absolute atomic E-state index is 11.8. The lowest BCUT2D eigenvalue weighted by atomic mass is 10.3. The molecule has 0 N–H and O–H groups in total. The summed E-state index contributed by atoms with van der Waals surface area (Å²) < 4.78 is 5.64. The van der Waals surface area contributed by atoms with Crippen molar-refractivity contribution in [3.05, 3.63) is 54.4 Å². The molecule has 0 saturated heterocycles. The Balaban J connectivity index is 2.20. The van der Waals surface area contributed by atoms with Crippen LogP contribution in [0.5, 0.6) is 11.5 Å². The predicted octanol–water partition coefficient (Wildman–Crippen LogP) is 2.58. The first kappa shape index (κ1) is 12.1. The topological polar surface area (TPSA) is 42.4 Å². The highest BCUT2D eigenvalue weighted by atomic mass is 16.5. The molecule has 0 aliphatic carbocycles. The second-order valence-electron chi connectivity index (χ2n) is 3.99. The molecule has 18 heavy (non-hydrogen) atoms. The van der Waals surface area contributed by atoms with E-state index in [4.69, 9.17) is 4.74 Å². The van der Waals surface area contributed by atoms with Crippen molar-refractivity contribution in [2.75, 3.05) is 14.1 Å². The number of hydrogen-bond acceptors (Lipinski definition) is 3. The van der Waals surface area contributed by atoms with Gasteiger partial charge in [0.25, 0.3) is 5.91 Å². The van der Waals surface area contributed by atoms with Gasteiger partial charge >= 0.3 is 0 Å². The quantitative estimate of drug-likeness (QED) is 0.830. The number of aromatic nitrogens is 1. The first-order chi connectivity index (χ1) is 8.66. The Bertz CT molecular complexity index is 539. The second kappa shape index (κ2) is 5.31. The molecule has 0 unspecified atom stereocenters. The van der Waals surface area contributed by atoms with Gasteiger partial charge in [-0.05, 0) is 18.2 Å². The fraction of sp³-hybridized carbons (Fsp3) is 0.143. The van der Waals surface area contributed by atoms with E-state index in [-0.39, 0.29) is 5.91 Å². The van der Waals surface area contributed by atoms with Gasteiger partial charge in [-0.1, -0.05) is 18.2 Å². The number of nitrogens with zero attached hydrogens (tertiary/aromatic N) is 2. The molecule has 1 aromatic heterocycles. The van der Waals surface area contributed by atoms with E-state index in [2.05, 4.69) is 4.98 Å². The Morgan fingerprint density at radius 2 is 1.83 bits per heavy atom. The average molecular weight is 242 g/mol. The van der Waals surface area contributed by atoms with E-state index < -0.39 is 0 Å². The predicted molar refractivity (Wildman–Crippen MR) is 68.8 cm³/mol. The van der Waals surface area contributed by atoms with Crippen LogP contribution in [-0.4, -0.2) is 29.9 Å². The van der Waals surface area contributed by atoms with E-state index in [0.717, 1.165) is 5.75 Å². The van der Waals surface area contributed by atoms with Crippen LogP contribution in [0.1, 0.15) is 10.5 Å². The van der Waals surface area contributed by atoms with E-state index in [9.17, 15) is 4.79 Å². The van der Waals surface area contributed by atoms with E-state index in [1.807, 2.05) is 30.3 Å². The fourth-order valence-electron chi connectivity index (χ4n) is 1.45. The van der Waals surface area contributed by atoms with Crippen LogP contribution in [-0.2, 0) is 0 Å². The Morgan fingerprint density at radius 3 is 2.50 bits per heavy atom. The summed E-state index contributed by atoms with van der Waals surface area (Å²) in [5, 5.41) is 0. The number of rotatable bonds is 3. The first-order valence-electron chi connectivity index (χ1n) is 5.57. The lowest BCUT2D eigenvalue weighted by Crippen LogP contribution is -2.22. The number of hydrogen-bond donors (Lipinski definition) is 0. The van der Waals surface area contributed by atoms with Crippen LogP contribution in [0, 0.1) is 0 Å². The van der Waals surface area contributed by atoms with Crippen LogP contribution in [0.2, 0.25) is 0 Å². The zero-order chi connectivity index (χ0) is 13.0. The van der Waals surface area contributed by atoms with Crippen LogP contribution in [0.15, 0.2) is 48.7 Å². The second-order valence-corrected chi connectivity index (χ2v) is 3.99. The molecule has 1 aromatic carbocycles. The van der Waals surface area contributed by atoms with Crippen LogP contribution >= 0.6 is 0 Å². The highest BCUT2D eigenvalue weighted by Gasteiger charge is 2.10. The highest BCUT2D eigenvalue weighted by molar-refractivity contribution is 5.92. The molecule has 0 aliphatic heterocycles. The van der Waals surface area contributed by atoms with Crippen molar-refractivity contribution >= 4 is 5.91 Å². The van der Waals surface area contributed by atoms with Gasteiger partial charge in [-0.2, -0.15) is 0 Å². The lowest BCUT2D eigenvalue weighted by molar-refractivity contribution is 0.0821. The van der Waals surface area contributed by atoms with Crippen molar-refractivity contribution in [1.29, 1.82) is 0 Å². The van der Waals surface area contributed by atoms with Gasteiger partial charge < -0.3 is 9.64 Å². The molecule has 2 aromatic rings. The zero-order valence-corrected chi connectivity index (χ0v) is 10.3. The molecular weight excluding hydrogens is 228 g/mol. The molecule has 0 bridgehead atoms. The molecule has 1 heterocycles. The molecule has 1 amide bonds. The number of carbonyl (C=O) groups excluding carboxylic acids is 1. The molecule has 4 heteroatoms. The van der Waals surface area contributed by atoms with Gasteiger partial charge in [0.2, 0.25) is 0 Å². The monoisotopic (exact) mass is 242 g/mol. The van der Waals surface area contributed by atoms with Crippen LogP contribution < -0.4 is 4.74 Å². The third kappa shape index (κ3) is 2.85. The number of carbonyl (C=O) groups is 1. The summed E-state index contributed by atoms with van der Waals surface area (Å²) in [6.45, 7) is 0. The Labute approximate surface area is 106 Å². The number of amides is 1. The number of ether oxygens (including phenoxy) is 1. The van der Waals surface area contributed by atoms with Crippen molar-refractivity contribution in [3.63, 3.8) is 0 Å². The van der Waals surface area contributed by atoms with Crippen molar-refractivity contribution in [2.24, 2.45) is 0 Å². The molecule has 2 rings (SSSR count). The fourth-order valence-corrected chi connectivity index (χ4v) is 1.45. The smallest absolute Gasteiger partial charge is 0.272 e. The standard InChI is InChI=1S/C14H14N2O2/c1-16(2)14(17)13-10-12(8-9-15-13)18-11-6-4-3-5-7-11/h3-10H,1-2H3. The summed E-state index contributed by atoms with van der Waals surface area (Å²) in [4.78, 5) is 17.3. The van der Waals surface area contributed by atoms with Gasteiger partial charge in [-0.15, -0.1) is 0 Å². The number of benzene rings is 1. The summed E-state index contributed by atoms with van der Waals surface area (Å²) in [6, 6.07) is 12.8. The third-order valence-electron chi connectivity index (χ3n) is 2.34. The molecule has 0 spiro atoms. The first-order valence-corrected chi connectivity index (χ1v) is 5.57. The molecule has 0 fully saturated rings. The van der Waals surface area contributed by atoms with E-state index in [0.29, 0.717) is 11.4 Å². The Hall–Kier alpha value is -2.36. The molecular formula is C14H14N2O2. The molecule has 0 saturated carbocycles. The average Bonchev–Trinajstić information content (AvgIpc) is 2.39. The van der Waals surface area contributed by atoms with E-state index in [1.54, 1.807) is 32.4 Å². The van der Waals surface area contributed by atoms with Gasteiger partial charge in [-0.25, -0.2) is 0 Å². The number of para-hydroxylation sites is 1. The summed E-state index contributed by atoms with van der Waals surface area (Å²) >= 11 is 0. The minimum atomic E-state index is -0.145. The van der Waals surface area contributed by atoms with Gasteiger partial charge in [-0.3, -0.25) is 9.78 Å².